The average molecular weight is 271 g/mol. The Bertz CT molecular complexity index is 433. The minimum atomic E-state index is -0.497. The standard InChI is InChI=1S/C13H19ClN2O2/c1-13(2,12(18)15-3)8-16-7-9-6-10(14)4-5-11(9)17/h4-6,16-17H,7-8H2,1-3H3,(H,15,18). The average Bonchev–Trinajstić information content (AvgIpc) is 2.32. The fourth-order valence-electron chi connectivity index (χ4n) is 1.62. The molecule has 5 heteroatoms. The monoisotopic (exact) mass is 270 g/mol. The van der Waals surface area contributed by atoms with Crippen LogP contribution in [0, 0.1) is 5.41 Å². The van der Waals surface area contributed by atoms with Crippen molar-refractivity contribution in [3.8, 4) is 5.75 Å². The van der Waals surface area contributed by atoms with Crippen LogP contribution in [0.4, 0.5) is 0 Å². The van der Waals surface area contributed by atoms with Gasteiger partial charge in [0.25, 0.3) is 0 Å². The number of amides is 1. The lowest BCUT2D eigenvalue weighted by Gasteiger charge is -2.23. The third-order valence-electron chi connectivity index (χ3n) is 2.77. The van der Waals surface area contributed by atoms with E-state index in [1.165, 1.54) is 0 Å². The molecule has 0 spiro atoms. The highest BCUT2D eigenvalue weighted by Gasteiger charge is 2.25. The number of halogens is 1. The van der Waals surface area contributed by atoms with Gasteiger partial charge in [0, 0.05) is 30.7 Å². The Morgan fingerprint density at radius 2 is 2.11 bits per heavy atom. The van der Waals surface area contributed by atoms with Gasteiger partial charge in [0.2, 0.25) is 5.91 Å². The molecule has 1 aromatic carbocycles. The fourth-order valence-corrected chi connectivity index (χ4v) is 1.82. The molecule has 1 rings (SSSR count). The van der Waals surface area contributed by atoms with Crippen LogP contribution in [0.3, 0.4) is 0 Å². The highest BCUT2D eigenvalue weighted by Crippen LogP contribution is 2.21. The first-order valence-electron chi connectivity index (χ1n) is 5.77. The van der Waals surface area contributed by atoms with Crippen molar-refractivity contribution in [2.45, 2.75) is 20.4 Å². The second-order valence-electron chi connectivity index (χ2n) is 4.84. The first-order chi connectivity index (χ1) is 8.36. The maximum atomic E-state index is 11.6. The summed E-state index contributed by atoms with van der Waals surface area (Å²) in [5.74, 6) is 0.176. The second kappa shape index (κ2) is 6.07. The summed E-state index contributed by atoms with van der Waals surface area (Å²) in [6.07, 6.45) is 0. The zero-order chi connectivity index (χ0) is 13.8. The summed E-state index contributed by atoms with van der Waals surface area (Å²) in [6, 6.07) is 4.90. The molecule has 0 atom stereocenters. The summed E-state index contributed by atoms with van der Waals surface area (Å²) in [6.45, 7) is 4.69. The maximum absolute atomic E-state index is 11.6. The van der Waals surface area contributed by atoms with Crippen molar-refractivity contribution in [3.63, 3.8) is 0 Å². The zero-order valence-corrected chi connectivity index (χ0v) is 11.6. The molecule has 1 amide bonds. The normalized spacial score (nSPS) is 11.3. The molecule has 0 aliphatic carbocycles. The molecule has 100 valence electrons. The number of hydrogen-bond donors (Lipinski definition) is 3. The van der Waals surface area contributed by atoms with Crippen molar-refractivity contribution in [3.05, 3.63) is 28.8 Å². The van der Waals surface area contributed by atoms with Crippen molar-refractivity contribution in [1.29, 1.82) is 0 Å². The summed E-state index contributed by atoms with van der Waals surface area (Å²) >= 11 is 5.86. The van der Waals surface area contributed by atoms with E-state index < -0.39 is 5.41 Å². The van der Waals surface area contributed by atoms with Gasteiger partial charge in [-0.25, -0.2) is 0 Å². The highest BCUT2D eigenvalue weighted by molar-refractivity contribution is 6.30. The van der Waals surface area contributed by atoms with E-state index in [4.69, 9.17) is 11.6 Å². The summed E-state index contributed by atoms with van der Waals surface area (Å²) in [7, 11) is 1.62. The molecule has 0 unspecified atom stereocenters. The van der Waals surface area contributed by atoms with Gasteiger partial charge in [-0.15, -0.1) is 0 Å². The molecule has 0 heterocycles. The van der Waals surface area contributed by atoms with Crippen molar-refractivity contribution in [2.75, 3.05) is 13.6 Å². The van der Waals surface area contributed by atoms with Gasteiger partial charge >= 0.3 is 0 Å². The Balaban J connectivity index is 2.56. The lowest BCUT2D eigenvalue weighted by atomic mass is 9.92. The summed E-state index contributed by atoms with van der Waals surface area (Å²) < 4.78 is 0. The fraction of sp³-hybridized carbons (Fsp3) is 0.462. The van der Waals surface area contributed by atoms with Crippen LogP contribution in [0.1, 0.15) is 19.4 Å². The number of benzene rings is 1. The van der Waals surface area contributed by atoms with Crippen LogP contribution >= 0.6 is 11.6 Å². The number of rotatable bonds is 5. The number of nitrogens with one attached hydrogen (secondary N) is 2. The van der Waals surface area contributed by atoms with Crippen LogP contribution in [-0.4, -0.2) is 24.6 Å². The molecule has 0 saturated heterocycles. The molecule has 18 heavy (non-hydrogen) atoms. The lowest BCUT2D eigenvalue weighted by molar-refractivity contribution is -0.128. The number of carbonyl (C=O) groups excluding carboxylic acids is 1. The molecule has 3 N–H and O–H groups in total. The van der Waals surface area contributed by atoms with Crippen LogP contribution in [0.5, 0.6) is 5.75 Å². The third kappa shape index (κ3) is 3.89. The van der Waals surface area contributed by atoms with Crippen LogP contribution in [0.15, 0.2) is 18.2 Å². The number of phenolic OH excluding ortho intramolecular Hbond substituents is 1. The van der Waals surface area contributed by atoms with E-state index >= 15 is 0 Å². The van der Waals surface area contributed by atoms with E-state index in [1.54, 1.807) is 25.2 Å². The summed E-state index contributed by atoms with van der Waals surface area (Å²) in [4.78, 5) is 11.6. The zero-order valence-electron chi connectivity index (χ0n) is 10.9. The molecule has 0 saturated carbocycles. The van der Waals surface area contributed by atoms with Gasteiger partial charge in [-0.3, -0.25) is 4.79 Å². The van der Waals surface area contributed by atoms with Gasteiger partial charge in [0.1, 0.15) is 5.75 Å². The van der Waals surface area contributed by atoms with Crippen molar-refractivity contribution in [1.82, 2.24) is 10.6 Å². The number of phenols is 1. The van der Waals surface area contributed by atoms with Crippen LogP contribution < -0.4 is 10.6 Å². The smallest absolute Gasteiger partial charge is 0.226 e. The Morgan fingerprint density at radius 1 is 1.44 bits per heavy atom. The van der Waals surface area contributed by atoms with Crippen molar-refractivity contribution < 1.29 is 9.90 Å². The summed E-state index contributed by atoms with van der Waals surface area (Å²) in [5.41, 5.74) is 0.221. The van der Waals surface area contributed by atoms with Crippen molar-refractivity contribution >= 4 is 17.5 Å². The second-order valence-corrected chi connectivity index (χ2v) is 5.28. The predicted octanol–water partition coefficient (Wildman–Crippen LogP) is 1.91. The van der Waals surface area contributed by atoms with Gasteiger partial charge in [0.05, 0.1) is 5.41 Å². The van der Waals surface area contributed by atoms with E-state index in [2.05, 4.69) is 10.6 Å². The Hall–Kier alpha value is -1.26. The quantitative estimate of drug-likeness (QED) is 0.766. The van der Waals surface area contributed by atoms with Crippen LogP contribution in [0.25, 0.3) is 0 Å². The first-order valence-corrected chi connectivity index (χ1v) is 6.15. The van der Waals surface area contributed by atoms with Gasteiger partial charge in [-0.2, -0.15) is 0 Å². The molecule has 1 aromatic rings. The molecule has 0 aliphatic heterocycles. The molecule has 0 fully saturated rings. The minimum Gasteiger partial charge on any atom is -0.508 e. The lowest BCUT2D eigenvalue weighted by Crippen LogP contribution is -2.41. The van der Waals surface area contributed by atoms with E-state index in [-0.39, 0.29) is 11.7 Å². The Morgan fingerprint density at radius 3 is 2.72 bits per heavy atom. The highest BCUT2D eigenvalue weighted by atomic mass is 35.5. The number of aromatic hydroxyl groups is 1. The van der Waals surface area contributed by atoms with Gasteiger partial charge < -0.3 is 15.7 Å². The van der Waals surface area contributed by atoms with Gasteiger partial charge in [-0.05, 0) is 32.0 Å². The van der Waals surface area contributed by atoms with E-state index in [0.717, 1.165) is 5.56 Å². The molecule has 0 aliphatic rings. The van der Waals surface area contributed by atoms with E-state index in [1.807, 2.05) is 13.8 Å². The minimum absolute atomic E-state index is 0.0229. The Labute approximate surface area is 112 Å². The topological polar surface area (TPSA) is 61.4 Å². The number of carbonyl (C=O) groups is 1. The Kier molecular flexibility index (Phi) is 4.99. The molecular formula is C13H19ClN2O2. The molecule has 0 bridgehead atoms. The van der Waals surface area contributed by atoms with Crippen LogP contribution in [0.2, 0.25) is 5.02 Å². The van der Waals surface area contributed by atoms with Gasteiger partial charge in [0.15, 0.2) is 0 Å². The number of hydrogen-bond acceptors (Lipinski definition) is 3. The third-order valence-corrected chi connectivity index (χ3v) is 3.00. The largest absolute Gasteiger partial charge is 0.508 e. The van der Waals surface area contributed by atoms with Gasteiger partial charge in [-0.1, -0.05) is 11.6 Å². The first kappa shape index (κ1) is 14.8. The SMILES string of the molecule is CNC(=O)C(C)(C)CNCc1cc(Cl)ccc1O. The van der Waals surface area contributed by atoms with Crippen LogP contribution in [-0.2, 0) is 11.3 Å². The van der Waals surface area contributed by atoms with E-state index in [0.29, 0.717) is 18.1 Å². The molecular weight excluding hydrogens is 252 g/mol. The maximum Gasteiger partial charge on any atom is 0.226 e. The van der Waals surface area contributed by atoms with Crippen molar-refractivity contribution in [2.24, 2.45) is 5.41 Å². The molecule has 0 aromatic heterocycles. The molecule has 0 radical (unpaired) electrons. The molecule has 4 nitrogen and oxygen atoms in total. The predicted molar refractivity (Wildman–Crippen MR) is 72.7 cm³/mol. The summed E-state index contributed by atoms with van der Waals surface area (Å²) in [5, 5.41) is 16.0. The van der Waals surface area contributed by atoms with E-state index in [9.17, 15) is 9.90 Å².